The van der Waals surface area contributed by atoms with Crippen LogP contribution in [0.4, 0.5) is 13.2 Å². The highest BCUT2D eigenvalue weighted by Gasteiger charge is 2.22. The summed E-state index contributed by atoms with van der Waals surface area (Å²) in [7, 11) is 0. The molecule has 0 saturated carbocycles. The highest BCUT2D eigenvalue weighted by Crippen LogP contribution is 2.37. The third kappa shape index (κ3) is 2.98. The van der Waals surface area contributed by atoms with Gasteiger partial charge in [-0.1, -0.05) is 0 Å². The lowest BCUT2D eigenvalue weighted by Crippen LogP contribution is -2.10. The fraction of sp³-hybridized carbons (Fsp3) is 0.308. The first-order valence-electron chi connectivity index (χ1n) is 5.89. The van der Waals surface area contributed by atoms with Crippen molar-refractivity contribution in [1.82, 2.24) is 9.78 Å². The Bertz CT molecular complexity index is 596. The Balaban J connectivity index is 2.52. The highest BCUT2D eigenvalue weighted by atomic mass is 79.9. The Labute approximate surface area is 122 Å². The lowest BCUT2D eigenvalue weighted by atomic mass is 10.1. The van der Waals surface area contributed by atoms with E-state index in [1.54, 1.807) is 13.8 Å². The zero-order valence-electron chi connectivity index (χ0n) is 10.8. The minimum Gasteiger partial charge on any atom is -0.416 e. The van der Waals surface area contributed by atoms with Gasteiger partial charge in [0.25, 0.3) is 0 Å². The average molecular weight is 349 g/mol. The molecule has 0 unspecified atom stereocenters. The van der Waals surface area contributed by atoms with E-state index in [9.17, 15) is 13.2 Å². The predicted molar refractivity (Wildman–Crippen MR) is 72.3 cm³/mol. The molecule has 0 amide bonds. The molecule has 0 atom stereocenters. The smallest absolute Gasteiger partial charge is 0.388 e. The van der Waals surface area contributed by atoms with Crippen LogP contribution in [0.5, 0.6) is 5.88 Å². The third-order valence-corrected chi connectivity index (χ3v) is 3.33. The molecule has 0 radical (unpaired) electrons. The van der Waals surface area contributed by atoms with Crippen molar-refractivity contribution in [2.75, 3.05) is 0 Å². The summed E-state index contributed by atoms with van der Waals surface area (Å²) < 4.78 is 44.1. The number of hydrogen-bond acceptors (Lipinski definition) is 2. The van der Waals surface area contributed by atoms with Crippen LogP contribution in [0.1, 0.15) is 19.9 Å². The Hall–Kier alpha value is -1.50. The summed E-state index contributed by atoms with van der Waals surface area (Å²) in [6.45, 7) is 0.653. The van der Waals surface area contributed by atoms with Crippen LogP contribution < -0.4 is 4.74 Å². The van der Waals surface area contributed by atoms with Crippen LogP contribution in [0.3, 0.4) is 0 Å². The van der Waals surface area contributed by atoms with Crippen LogP contribution in [0.15, 0.2) is 28.7 Å². The lowest BCUT2D eigenvalue weighted by Gasteiger charge is -2.11. The number of halogens is 4. The lowest BCUT2D eigenvalue weighted by molar-refractivity contribution is -0.0569. The molecule has 2 rings (SSSR count). The molecule has 0 saturated heterocycles. The number of alkyl halides is 2. The second-order valence-electron chi connectivity index (χ2n) is 4.39. The largest absolute Gasteiger partial charge is 0.416 e. The van der Waals surface area contributed by atoms with Crippen LogP contribution >= 0.6 is 15.9 Å². The van der Waals surface area contributed by atoms with Gasteiger partial charge in [0, 0.05) is 5.56 Å². The zero-order valence-corrected chi connectivity index (χ0v) is 12.4. The van der Waals surface area contributed by atoms with E-state index in [4.69, 9.17) is 0 Å². The summed E-state index contributed by atoms with van der Waals surface area (Å²) in [5.41, 5.74) is 1.03. The molecule has 108 valence electrons. The van der Waals surface area contributed by atoms with Gasteiger partial charge in [0.2, 0.25) is 5.88 Å². The number of rotatable bonds is 4. The van der Waals surface area contributed by atoms with E-state index in [2.05, 4.69) is 25.8 Å². The monoisotopic (exact) mass is 348 g/mol. The SMILES string of the molecule is CC(C)n1nc(-c2ccc(F)cc2)c(Br)c1OC(F)F. The highest BCUT2D eigenvalue weighted by molar-refractivity contribution is 9.10. The van der Waals surface area contributed by atoms with Crippen LogP contribution in [-0.4, -0.2) is 16.4 Å². The summed E-state index contributed by atoms with van der Waals surface area (Å²) in [6.07, 6.45) is 0. The summed E-state index contributed by atoms with van der Waals surface area (Å²) in [6, 6.07) is 5.46. The van der Waals surface area contributed by atoms with E-state index < -0.39 is 6.61 Å². The van der Waals surface area contributed by atoms with Gasteiger partial charge in [-0.25, -0.2) is 9.07 Å². The number of hydrogen-bond donors (Lipinski definition) is 0. The molecule has 3 nitrogen and oxygen atoms in total. The van der Waals surface area contributed by atoms with Crippen molar-refractivity contribution < 1.29 is 17.9 Å². The number of benzene rings is 1. The normalized spacial score (nSPS) is 11.4. The Kier molecular flexibility index (Phi) is 4.37. The standard InChI is InChI=1S/C13H12BrF3N2O/c1-7(2)19-12(20-13(16)17)10(14)11(18-19)8-3-5-9(15)6-4-8/h3-7,13H,1-2H3. The van der Waals surface area contributed by atoms with Gasteiger partial charge in [0.1, 0.15) is 16.0 Å². The summed E-state index contributed by atoms with van der Waals surface area (Å²) >= 11 is 3.22. The molecule has 1 aromatic carbocycles. The van der Waals surface area contributed by atoms with Crippen molar-refractivity contribution in [3.05, 3.63) is 34.6 Å². The van der Waals surface area contributed by atoms with Gasteiger partial charge >= 0.3 is 6.61 Å². The van der Waals surface area contributed by atoms with E-state index in [1.807, 2.05) is 0 Å². The van der Waals surface area contributed by atoms with E-state index in [-0.39, 0.29) is 17.7 Å². The first-order chi connectivity index (χ1) is 9.40. The van der Waals surface area contributed by atoms with Crippen molar-refractivity contribution >= 4 is 15.9 Å². The predicted octanol–water partition coefficient (Wildman–Crippen LogP) is 4.63. The number of aromatic nitrogens is 2. The summed E-state index contributed by atoms with van der Waals surface area (Å²) in [5.74, 6) is -0.424. The van der Waals surface area contributed by atoms with Gasteiger partial charge in [-0.05, 0) is 54.0 Å². The van der Waals surface area contributed by atoms with E-state index >= 15 is 0 Å². The third-order valence-electron chi connectivity index (χ3n) is 2.62. The first-order valence-corrected chi connectivity index (χ1v) is 6.68. The van der Waals surface area contributed by atoms with Gasteiger partial charge in [-0.3, -0.25) is 0 Å². The number of nitrogens with zero attached hydrogens (tertiary/aromatic N) is 2. The van der Waals surface area contributed by atoms with Gasteiger partial charge in [-0.2, -0.15) is 13.9 Å². The minimum absolute atomic E-state index is 0.0469. The molecule has 0 spiro atoms. The second kappa shape index (κ2) is 5.87. The molecule has 0 aliphatic rings. The molecule has 0 fully saturated rings. The second-order valence-corrected chi connectivity index (χ2v) is 5.18. The van der Waals surface area contributed by atoms with Gasteiger partial charge in [0.15, 0.2) is 0 Å². The average Bonchev–Trinajstić information content (AvgIpc) is 2.68. The number of ether oxygens (including phenoxy) is 1. The molecule has 0 aliphatic heterocycles. The van der Waals surface area contributed by atoms with Crippen molar-refractivity contribution in [3.63, 3.8) is 0 Å². The van der Waals surface area contributed by atoms with Crippen molar-refractivity contribution in [2.45, 2.75) is 26.5 Å². The fourth-order valence-electron chi connectivity index (χ4n) is 1.73. The molecule has 0 aliphatic carbocycles. The van der Waals surface area contributed by atoms with Crippen molar-refractivity contribution in [2.24, 2.45) is 0 Å². The Morgan fingerprint density at radius 1 is 1.20 bits per heavy atom. The maximum atomic E-state index is 12.9. The molecule has 1 heterocycles. The van der Waals surface area contributed by atoms with E-state index in [1.165, 1.54) is 28.9 Å². The summed E-state index contributed by atoms with van der Waals surface area (Å²) in [4.78, 5) is 0. The zero-order chi connectivity index (χ0) is 14.9. The van der Waals surface area contributed by atoms with E-state index in [0.717, 1.165) is 0 Å². The fourth-order valence-corrected chi connectivity index (χ4v) is 2.31. The van der Waals surface area contributed by atoms with Crippen LogP contribution in [0.25, 0.3) is 11.3 Å². The molecular weight excluding hydrogens is 337 g/mol. The van der Waals surface area contributed by atoms with Gasteiger partial charge in [-0.15, -0.1) is 0 Å². The summed E-state index contributed by atoms with van der Waals surface area (Å²) in [5, 5.41) is 4.25. The minimum atomic E-state index is -2.94. The first kappa shape index (κ1) is 14.9. The molecule has 7 heteroatoms. The maximum Gasteiger partial charge on any atom is 0.388 e. The van der Waals surface area contributed by atoms with Crippen LogP contribution in [-0.2, 0) is 0 Å². The molecule has 1 aromatic heterocycles. The molecule has 2 aromatic rings. The molecule has 0 bridgehead atoms. The maximum absolute atomic E-state index is 12.9. The Morgan fingerprint density at radius 3 is 2.30 bits per heavy atom. The van der Waals surface area contributed by atoms with Crippen LogP contribution in [0, 0.1) is 5.82 Å². The molecule has 0 N–H and O–H groups in total. The van der Waals surface area contributed by atoms with E-state index in [0.29, 0.717) is 15.7 Å². The van der Waals surface area contributed by atoms with Crippen molar-refractivity contribution in [1.29, 1.82) is 0 Å². The van der Waals surface area contributed by atoms with Crippen molar-refractivity contribution in [3.8, 4) is 17.1 Å². The molecule has 20 heavy (non-hydrogen) atoms. The quantitative estimate of drug-likeness (QED) is 0.805. The Morgan fingerprint density at radius 2 is 1.80 bits per heavy atom. The van der Waals surface area contributed by atoms with Crippen LogP contribution in [0.2, 0.25) is 0 Å². The topological polar surface area (TPSA) is 27.1 Å². The molecular formula is C13H12BrF3N2O. The van der Waals surface area contributed by atoms with Gasteiger partial charge < -0.3 is 4.74 Å². The van der Waals surface area contributed by atoms with Gasteiger partial charge in [0.05, 0.1) is 6.04 Å².